The molecule has 2 heterocycles. The third-order valence-corrected chi connectivity index (χ3v) is 3.21. The van der Waals surface area contributed by atoms with Crippen LogP contribution < -0.4 is 10.6 Å². The Hall–Kier alpha value is -2.21. The van der Waals surface area contributed by atoms with Gasteiger partial charge in [-0.3, -0.25) is 9.36 Å². The second kappa shape index (κ2) is 5.19. The van der Waals surface area contributed by atoms with Crippen molar-refractivity contribution < 1.29 is 4.79 Å². The van der Waals surface area contributed by atoms with Crippen molar-refractivity contribution in [1.82, 2.24) is 20.1 Å². The second-order valence-electron chi connectivity index (χ2n) is 4.56. The van der Waals surface area contributed by atoms with E-state index in [1.807, 2.05) is 24.3 Å². The van der Waals surface area contributed by atoms with Gasteiger partial charge in [0.2, 0.25) is 5.91 Å². The van der Waals surface area contributed by atoms with Crippen molar-refractivity contribution in [2.45, 2.75) is 18.9 Å². The van der Waals surface area contributed by atoms with Gasteiger partial charge in [0.1, 0.15) is 12.7 Å². The van der Waals surface area contributed by atoms with Crippen LogP contribution in [0.3, 0.4) is 0 Å². The Kier molecular flexibility index (Phi) is 3.24. The van der Waals surface area contributed by atoms with E-state index < -0.39 is 0 Å². The summed E-state index contributed by atoms with van der Waals surface area (Å²) in [5, 5.41) is 13.6. The van der Waals surface area contributed by atoms with Crippen LogP contribution >= 0.6 is 0 Å². The number of hydrogen-bond donors (Lipinski definition) is 2. The lowest BCUT2D eigenvalue weighted by Crippen LogP contribution is -2.35. The summed E-state index contributed by atoms with van der Waals surface area (Å²) in [6, 6.07) is 7.54. The molecule has 1 aliphatic heterocycles. The number of carbonyl (C=O) groups is 1. The highest BCUT2D eigenvalue weighted by molar-refractivity contribution is 5.95. The number of anilines is 1. The van der Waals surface area contributed by atoms with Gasteiger partial charge >= 0.3 is 0 Å². The van der Waals surface area contributed by atoms with Crippen LogP contribution in [-0.4, -0.2) is 33.3 Å². The van der Waals surface area contributed by atoms with Gasteiger partial charge in [-0.05, 0) is 37.6 Å². The number of aromatic nitrogens is 3. The number of benzene rings is 1. The van der Waals surface area contributed by atoms with Crippen LogP contribution in [0, 0.1) is 0 Å². The van der Waals surface area contributed by atoms with E-state index >= 15 is 0 Å². The lowest BCUT2D eigenvalue weighted by Gasteiger charge is -2.12. The molecule has 0 aliphatic carbocycles. The standard InChI is InChI=1S/C13H15N5O/c19-13(12-5-2-6-14-12)17-10-3-1-4-11(7-10)18-8-15-16-9-18/h1,3-4,7-9,12,14H,2,5-6H2,(H,17,19)/t12-/m1/s1. The fourth-order valence-corrected chi connectivity index (χ4v) is 2.22. The van der Waals surface area contributed by atoms with E-state index in [0.717, 1.165) is 30.8 Å². The molecule has 0 radical (unpaired) electrons. The zero-order valence-corrected chi connectivity index (χ0v) is 10.4. The zero-order valence-electron chi connectivity index (χ0n) is 10.4. The van der Waals surface area contributed by atoms with Gasteiger partial charge in [0.25, 0.3) is 0 Å². The third-order valence-electron chi connectivity index (χ3n) is 3.21. The van der Waals surface area contributed by atoms with Crippen molar-refractivity contribution in [1.29, 1.82) is 0 Å². The largest absolute Gasteiger partial charge is 0.325 e. The topological polar surface area (TPSA) is 71.8 Å². The molecule has 0 spiro atoms. The molecule has 1 aliphatic rings. The van der Waals surface area contributed by atoms with E-state index in [4.69, 9.17) is 0 Å². The van der Waals surface area contributed by atoms with E-state index in [0.29, 0.717) is 0 Å². The van der Waals surface area contributed by atoms with Crippen LogP contribution in [0.5, 0.6) is 0 Å². The van der Waals surface area contributed by atoms with Gasteiger partial charge in [-0.15, -0.1) is 10.2 Å². The Bertz CT molecular complexity index is 560. The predicted octanol–water partition coefficient (Wildman–Crippen LogP) is 0.958. The molecular weight excluding hydrogens is 242 g/mol. The molecule has 0 bridgehead atoms. The Morgan fingerprint density at radius 2 is 2.21 bits per heavy atom. The molecule has 3 rings (SSSR count). The van der Waals surface area contributed by atoms with E-state index in [1.165, 1.54) is 0 Å². The molecule has 1 saturated heterocycles. The first-order chi connectivity index (χ1) is 9.33. The van der Waals surface area contributed by atoms with Gasteiger partial charge in [0.15, 0.2) is 0 Å². The number of rotatable bonds is 3. The Morgan fingerprint density at radius 3 is 2.95 bits per heavy atom. The molecule has 1 aromatic heterocycles. The number of nitrogens with zero attached hydrogens (tertiary/aromatic N) is 3. The van der Waals surface area contributed by atoms with E-state index in [1.54, 1.807) is 17.2 Å². The molecule has 1 aromatic carbocycles. The number of carbonyl (C=O) groups excluding carboxylic acids is 1. The summed E-state index contributed by atoms with van der Waals surface area (Å²) >= 11 is 0. The molecule has 6 heteroatoms. The summed E-state index contributed by atoms with van der Waals surface area (Å²) in [6.45, 7) is 0.916. The second-order valence-corrected chi connectivity index (χ2v) is 4.56. The lowest BCUT2D eigenvalue weighted by molar-refractivity contribution is -0.117. The van der Waals surface area contributed by atoms with Gasteiger partial charge in [-0.1, -0.05) is 6.07 Å². The van der Waals surface area contributed by atoms with Crippen LogP contribution in [0.4, 0.5) is 5.69 Å². The molecule has 1 atom stereocenters. The van der Waals surface area contributed by atoms with Crippen molar-refractivity contribution in [3.63, 3.8) is 0 Å². The highest BCUT2D eigenvalue weighted by atomic mass is 16.2. The van der Waals surface area contributed by atoms with Gasteiger partial charge < -0.3 is 10.6 Å². The third kappa shape index (κ3) is 2.63. The minimum Gasteiger partial charge on any atom is -0.325 e. The normalized spacial score (nSPS) is 18.4. The van der Waals surface area contributed by atoms with Crippen molar-refractivity contribution in [3.8, 4) is 5.69 Å². The number of amides is 1. The molecule has 1 fully saturated rings. The average Bonchev–Trinajstić information content (AvgIpc) is 3.13. The number of hydrogen-bond acceptors (Lipinski definition) is 4. The molecule has 1 amide bonds. The smallest absolute Gasteiger partial charge is 0.241 e. The quantitative estimate of drug-likeness (QED) is 0.859. The Balaban J connectivity index is 1.74. The van der Waals surface area contributed by atoms with Crippen LogP contribution in [0.1, 0.15) is 12.8 Å². The van der Waals surface area contributed by atoms with Crippen LogP contribution in [0.2, 0.25) is 0 Å². The van der Waals surface area contributed by atoms with Crippen molar-refractivity contribution in [2.24, 2.45) is 0 Å². The summed E-state index contributed by atoms with van der Waals surface area (Å²) < 4.78 is 1.80. The SMILES string of the molecule is O=C(Nc1cccc(-n2cnnc2)c1)[C@H]1CCCN1. The van der Waals surface area contributed by atoms with E-state index in [9.17, 15) is 4.79 Å². The van der Waals surface area contributed by atoms with E-state index in [2.05, 4.69) is 20.8 Å². The maximum atomic E-state index is 12.0. The summed E-state index contributed by atoms with van der Waals surface area (Å²) in [6.07, 6.45) is 5.20. The molecular formula is C13H15N5O. The predicted molar refractivity (Wildman–Crippen MR) is 71.0 cm³/mol. The monoisotopic (exact) mass is 257 g/mol. The average molecular weight is 257 g/mol. The van der Waals surface area contributed by atoms with Gasteiger partial charge in [-0.25, -0.2) is 0 Å². The first-order valence-corrected chi connectivity index (χ1v) is 6.32. The molecule has 0 unspecified atom stereocenters. The first-order valence-electron chi connectivity index (χ1n) is 6.32. The van der Waals surface area contributed by atoms with Crippen LogP contribution in [-0.2, 0) is 4.79 Å². The van der Waals surface area contributed by atoms with Crippen LogP contribution in [0.25, 0.3) is 5.69 Å². The fourth-order valence-electron chi connectivity index (χ4n) is 2.22. The van der Waals surface area contributed by atoms with Crippen molar-refractivity contribution in [2.75, 3.05) is 11.9 Å². The molecule has 0 saturated carbocycles. The van der Waals surface area contributed by atoms with Gasteiger partial charge in [0, 0.05) is 5.69 Å². The minimum absolute atomic E-state index is 0.0263. The zero-order chi connectivity index (χ0) is 13.1. The summed E-state index contributed by atoms with van der Waals surface area (Å²) in [5.41, 5.74) is 1.70. The van der Waals surface area contributed by atoms with E-state index in [-0.39, 0.29) is 11.9 Å². The summed E-state index contributed by atoms with van der Waals surface area (Å²) in [7, 11) is 0. The van der Waals surface area contributed by atoms with Crippen molar-refractivity contribution >= 4 is 11.6 Å². The van der Waals surface area contributed by atoms with Gasteiger partial charge in [0.05, 0.1) is 11.7 Å². The molecule has 98 valence electrons. The van der Waals surface area contributed by atoms with Crippen LogP contribution in [0.15, 0.2) is 36.9 Å². The molecule has 6 nitrogen and oxygen atoms in total. The maximum absolute atomic E-state index is 12.0. The van der Waals surface area contributed by atoms with Crippen molar-refractivity contribution in [3.05, 3.63) is 36.9 Å². The highest BCUT2D eigenvalue weighted by Gasteiger charge is 2.21. The molecule has 2 N–H and O–H groups in total. The van der Waals surface area contributed by atoms with Gasteiger partial charge in [-0.2, -0.15) is 0 Å². The molecule has 2 aromatic rings. The minimum atomic E-state index is -0.0708. The molecule has 19 heavy (non-hydrogen) atoms. The first kappa shape index (κ1) is 11.9. The summed E-state index contributed by atoms with van der Waals surface area (Å²) in [5.74, 6) is 0.0263. The Morgan fingerprint density at radius 1 is 1.37 bits per heavy atom. The Labute approximate surface area is 110 Å². The highest BCUT2D eigenvalue weighted by Crippen LogP contribution is 2.15. The number of nitrogens with one attached hydrogen (secondary N) is 2. The summed E-state index contributed by atoms with van der Waals surface area (Å²) in [4.78, 5) is 12.0. The lowest BCUT2D eigenvalue weighted by atomic mass is 10.2. The maximum Gasteiger partial charge on any atom is 0.241 e. The fraction of sp³-hybridized carbons (Fsp3) is 0.308.